The molecular formula is C10H14FNO3. The molecule has 84 valence electrons. The number of hydrogen-bond acceptors (Lipinski definition) is 4. The van der Waals surface area contributed by atoms with Crippen molar-refractivity contribution < 1.29 is 19.0 Å². The predicted octanol–water partition coefficient (Wildman–Crippen LogP) is 1.13. The van der Waals surface area contributed by atoms with Crippen molar-refractivity contribution >= 4 is 0 Å². The minimum Gasteiger partial charge on any atom is -0.472 e. The van der Waals surface area contributed by atoms with Crippen LogP contribution in [0.25, 0.3) is 0 Å². The minimum atomic E-state index is -0.495. The first kappa shape index (κ1) is 11.9. The molecule has 0 radical (unpaired) electrons. The number of rotatable bonds is 5. The van der Waals surface area contributed by atoms with E-state index in [4.69, 9.17) is 14.6 Å². The van der Waals surface area contributed by atoms with Crippen molar-refractivity contribution in [1.29, 1.82) is 0 Å². The minimum absolute atomic E-state index is 0.196. The Morgan fingerprint density at radius 3 is 2.93 bits per heavy atom. The van der Waals surface area contributed by atoms with Gasteiger partial charge >= 0.3 is 0 Å². The van der Waals surface area contributed by atoms with Crippen LogP contribution >= 0.6 is 0 Å². The molecule has 0 aromatic carbocycles. The van der Waals surface area contributed by atoms with Crippen molar-refractivity contribution in [3.05, 3.63) is 23.6 Å². The largest absolute Gasteiger partial charge is 0.472 e. The van der Waals surface area contributed by atoms with Gasteiger partial charge in [0.05, 0.1) is 19.4 Å². The standard InChI is InChI=1S/C10H14FNO3/c1-7(6-14-2)15-10-8(5-13)3-9(11)4-12-10/h3-4,7,13H,5-6H2,1-2H3. The zero-order chi connectivity index (χ0) is 11.3. The smallest absolute Gasteiger partial charge is 0.219 e. The van der Waals surface area contributed by atoms with Gasteiger partial charge in [0.15, 0.2) is 0 Å². The number of nitrogens with zero attached hydrogens (tertiary/aromatic N) is 1. The van der Waals surface area contributed by atoms with E-state index in [1.54, 1.807) is 14.0 Å². The monoisotopic (exact) mass is 215 g/mol. The van der Waals surface area contributed by atoms with Gasteiger partial charge < -0.3 is 14.6 Å². The number of methoxy groups -OCH3 is 1. The van der Waals surface area contributed by atoms with Gasteiger partial charge in [-0.25, -0.2) is 9.37 Å². The first-order valence-electron chi connectivity index (χ1n) is 4.58. The van der Waals surface area contributed by atoms with Crippen LogP contribution in [0.3, 0.4) is 0 Å². The second-order valence-corrected chi connectivity index (χ2v) is 3.16. The topological polar surface area (TPSA) is 51.6 Å². The highest BCUT2D eigenvalue weighted by Gasteiger charge is 2.10. The van der Waals surface area contributed by atoms with Crippen molar-refractivity contribution in [3.8, 4) is 5.88 Å². The van der Waals surface area contributed by atoms with Gasteiger partial charge in [-0.1, -0.05) is 0 Å². The molecule has 1 atom stereocenters. The van der Waals surface area contributed by atoms with Crippen molar-refractivity contribution in [3.63, 3.8) is 0 Å². The summed E-state index contributed by atoms with van der Waals surface area (Å²) in [6, 6.07) is 1.20. The van der Waals surface area contributed by atoms with E-state index in [1.807, 2.05) is 0 Å². The molecule has 0 amide bonds. The fourth-order valence-corrected chi connectivity index (χ4v) is 1.15. The number of aliphatic hydroxyl groups excluding tert-OH is 1. The molecular weight excluding hydrogens is 201 g/mol. The summed E-state index contributed by atoms with van der Waals surface area (Å²) in [5, 5.41) is 8.97. The summed E-state index contributed by atoms with van der Waals surface area (Å²) in [4.78, 5) is 3.76. The predicted molar refractivity (Wildman–Crippen MR) is 52.1 cm³/mol. The summed E-state index contributed by atoms with van der Waals surface area (Å²) in [5.74, 6) is -0.255. The Kier molecular flexibility index (Phi) is 4.45. The van der Waals surface area contributed by atoms with Crippen molar-refractivity contribution in [2.45, 2.75) is 19.6 Å². The summed E-state index contributed by atoms with van der Waals surface area (Å²) in [7, 11) is 1.56. The van der Waals surface area contributed by atoms with Crippen molar-refractivity contribution in [2.75, 3.05) is 13.7 Å². The molecule has 5 heteroatoms. The van der Waals surface area contributed by atoms with E-state index in [9.17, 15) is 4.39 Å². The number of halogens is 1. The lowest BCUT2D eigenvalue weighted by molar-refractivity contribution is 0.0868. The van der Waals surface area contributed by atoms with E-state index >= 15 is 0 Å². The maximum Gasteiger partial charge on any atom is 0.219 e. The van der Waals surface area contributed by atoms with Crippen LogP contribution in [0.2, 0.25) is 0 Å². The number of aromatic nitrogens is 1. The number of ether oxygens (including phenoxy) is 2. The van der Waals surface area contributed by atoms with E-state index in [1.165, 1.54) is 6.07 Å². The molecule has 1 aromatic heterocycles. The van der Waals surface area contributed by atoms with Gasteiger partial charge in [-0.3, -0.25) is 0 Å². The highest BCUT2D eigenvalue weighted by molar-refractivity contribution is 5.25. The van der Waals surface area contributed by atoms with Crippen molar-refractivity contribution in [2.24, 2.45) is 0 Å². The summed E-state index contributed by atoms with van der Waals surface area (Å²) in [5.41, 5.74) is 0.331. The van der Waals surface area contributed by atoms with Crippen LogP contribution < -0.4 is 4.74 Å². The number of pyridine rings is 1. The van der Waals surface area contributed by atoms with Gasteiger partial charge in [0.1, 0.15) is 11.9 Å². The van der Waals surface area contributed by atoms with Crippen LogP contribution in [-0.4, -0.2) is 29.9 Å². The maximum absolute atomic E-state index is 12.8. The Bertz CT molecular complexity index is 320. The quantitative estimate of drug-likeness (QED) is 0.799. The molecule has 0 aliphatic carbocycles. The number of aliphatic hydroxyl groups is 1. The van der Waals surface area contributed by atoms with E-state index in [-0.39, 0.29) is 18.6 Å². The van der Waals surface area contributed by atoms with Crippen molar-refractivity contribution in [1.82, 2.24) is 4.98 Å². The third kappa shape index (κ3) is 3.45. The molecule has 0 saturated carbocycles. The zero-order valence-corrected chi connectivity index (χ0v) is 8.74. The van der Waals surface area contributed by atoms with Gasteiger partial charge in [0.2, 0.25) is 5.88 Å². The van der Waals surface area contributed by atoms with Crippen LogP contribution in [0.4, 0.5) is 4.39 Å². The number of hydrogen-bond donors (Lipinski definition) is 1. The molecule has 0 fully saturated rings. The first-order chi connectivity index (χ1) is 7.17. The Morgan fingerprint density at radius 2 is 2.33 bits per heavy atom. The summed E-state index contributed by atoms with van der Waals surface area (Å²) in [6.07, 6.45) is 0.854. The first-order valence-corrected chi connectivity index (χ1v) is 4.58. The lowest BCUT2D eigenvalue weighted by Crippen LogP contribution is -2.19. The fraction of sp³-hybridized carbons (Fsp3) is 0.500. The molecule has 1 aromatic rings. The lowest BCUT2D eigenvalue weighted by atomic mass is 10.3. The second kappa shape index (κ2) is 5.63. The molecule has 1 rings (SSSR count). The van der Waals surface area contributed by atoms with Crippen LogP contribution in [0.1, 0.15) is 12.5 Å². The fourth-order valence-electron chi connectivity index (χ4n) is 1.15. The SMILES string of the molecule is COCC(C)Oc1ncc(F)cc1CO. The Balaban J connectivity index is 2.75. The second-order valence-electron chi connectivity index (χ2n) is 3.16. The van der Waals surface area contributed by atoms with Gasteiger partial charge in [-0.15, -0.1) is 0 Å². The molecule has 1 unspecified atom stereocenters. The van der Waals surface area contributed by atoms with Crippen LogP contribution in [-0.2, 0) is 11.3 Å². The molecule has 4 nitrogen and oxygen atoms in total. The highest BCUT2D eigenvalue weighted by Crippen LogP contribution is 2.17. The zero-order valence-electron chi connectivity index (χ0n) is 8.74. The highest BCUT2D eigenvalue weighted by atomic mass is 19.1. The molecule has 0 bridgehead atoms. The van der Waals surface area contributed by atoms with Gasteiger partial charge in [0, 0.05) is 12.7 Å². The molecule has 0 aliphatic rings. The van der Waals surface area contributed by atoms with E-state index < -0.39 is 5.82 Å². The van der Waals surface area contributed by atoms with E-state index in [0.717, 1.165) is 6.20 Å². The third-order valence-electron chi connectivity index (χ3n) is 1.78. The summed E-state index contributed by atoms with van der Waals surface area (Å²) in [6.45, 7) is 1.90. The average Bonchev–Trinajstić information content (AvgIpc) is 2.21. The summed E-state index contributed by atoms with van der Waals surface area (Å²) < 4.78 is 23.0. The molecule has 0 aliphatic heterocycles. The third-order valence-corrected chi connectivity index (χ3v) is 1.78. The van der Waals surface area contributed by atoms with Crippen LogP contribution in [0.15, 0.2) is 12.3 Å². The van der Waals surface area contributed by atoms with Crippen LogP contribution in [0.5, 0.6) is 5.88 Å². The van der Waals surface area contributed by atoms with Gasteiger partial charge in [0.25, 0.3) is 0 Å². The van der Waals surface area contributed by atoms with Crippen LogP contribution in [0, 0.1) is 5.82 Å². The normalized spacial score (nSPS) is 12.5. The summed E-state index contributed by atoms with van der Waals surface area (Å²) >= 11 is 0. The Hall–Kier alpha value is -1.20. The average molecular weight is 215 g/mol. The Labute approximate surface area is 87.7 Å². The van der Waals surface area contributed by atoms with E-state index in [0.29, 0.717) is 12.2 Å². The van der Waals surface area contributed by atoms with Gasteiger partial charge in [-0.2, -0.15) is 0 Å². The Morgan fingerprint density at radius 1 is 1.60 bits per heavy atom. The molecule has 0 saturated heterocycles. The maximum atomic E-state index is 12.8. The molecule has 15 heavy (non-hydrogen) atoms. The molecule has 1 N–H and O–H groups in total. The molecule has 0 spiro atoms. The molecule has 1 heterocycles. The van der Waals surface area contributed by atoms with Gasteiger partial charge in [-0.05, 0) is 13.0 Å². The van der Waals surface area contributed by atoms with E-state index in [2.05, 4.69) is 4.98 Å². The lowest BCUT2D eigenvalue weighted by Gasteiger charge is -2.14.